The number of aromatic nitrogens is 1. The molecule has 0 amide bonds. The number of halogens is 3. The molecule has 2 aromatic carbocycles. The third-order valence-corrected chi connectivity index (χ3v) is 6.43. The molecule has 0 aliphatic carbocycles. The summed E-state index contributed by atoms with van der Waals surface area (Å²) >= 11 is 2.61. The van der Waals surface area contributed by atoms with Crippen molar-refractivity contribution in [2.75, 3.05) is 6.61 Å². The zero-order valence-corrected chi connectivity index (χ0v) is 18.8. The standard InChI is InChI=1S/C22H20F3NO4S2/c1-21(2,19(27)28)32-20-26-15(13-31-20)11-12-29-16-7-9-18(10-8-16)30-17-5-3-14(4-6-17)22(23,24)25/h3-10,13H,11-12H2,1-2H3,(H,27,28). The third-order valence-electron chi connectivity index (χ3n) is 4.26. The molecule has 0 bridgehead atoms. The molecule has 10 heteroatoms. The summed E-state index contributed by atoms with van der Waals surface area (Å²) in [6, 6.07) is 11.2. The number of rotatable bonds is 9. The Labute approximate surface area is 191 Å². The summed E-state index contributed by atoms with van der Waals surface area (Å²) in [6.07, 6.45) is -3.82. The quantitative estimate of drug-likeness (QED) is 0.349. The van der Waals surface area contributed by atoms with Crippen molar-refractivity contribution in [2.24, 2.45) is 0 Å². The van der Waals surface area contributed by atoms with Crippen LogP contribution in [0, 0.1) is 0 Å². The second-order valence-corrected chi connectivity index (χ2v) is 9.94. The Bertz CT molecular complexity index is 1050. The number of thiazole rings is 1. The van der Waals surface area contributed by atoms with Gasteiger partial charge in [0, 0.05) is 11.8 Å². The molecule has 0 fully saturated rings. The number of nitrogens with zero attached hydrogens (tertiary/aromatic N) is 1. The Morgan fingerprint density at radius 1 is 1.03 bits per heavy atom. The van der Waals surface area contributed by atoms with Crippen molar-refractivity contribution in [3.05, 3.63) is 65.2 Å². The van der Waals surface area contributed by atoms with Crippen LogP contribution in [-0.2, 0) is 17.4 Å². The van der Waals surface area contributed by atoms with Crippen LogP contribution in [-0.4, -0.2) is 27.4 Å². The Kier molecular flexibility index (Phi) is 7.35. The molecule has 1 aromatic heterocycles. The molecule has 0 saturated heterocycles. The number of thioether (sulfide) groups is 1. The van der Waals surface area contributed by atoms with Gasteiger partial charge in [-0.25, -0.2) is 4.98 Å². The smallest absolute Gasteiger partial charge is 0.416 e. The lowest BCUT2D eigenvalue weighted by Crippen LogP contribution is -2.26. The fourth-order valence-electron chi connectivity index (χ4n) is 2.44. The van der Waals surface area contributed by atoms with Gasteiger partial charge in [0.05, 0.1) is 17.9 Å². The van der Waals surface area contributed by atoms with Crippen LogP contribution in [0.4, 0.5) is 13.2 Å². The van der Waals surface area contributed by atoms with Gasteiger partial charge in [-0.15, -0.1) is 11.3 Å². The summed E-state index contributed by atoms with van der Waals surface area (Å²) < 4.78 is 48.8. The Balaban J connectivity index is 1.48. The minimum Gasteiger partial charge on any atom is -0.493 e. The van der Waals surface area contributed by atoms with E-state index in [1.54, 1.807) is 38.1 Å². The minimum atomic E-state index is -4.38. The Morgan fingerprint density at radius 3 is 2.16 bits per heavy atom. The molecule has 0 spiro atoms. The number of carboxylic acids is 1. The fraction of sp³-hybridized carbons (Fsp3) is 0.273. The van der Waals surface area contributed by atoms with Gasteiger partial charge in [-0.05, 0) is 62.4 Å². The molecular weight excluding hydrogens is 463 g/mol. The van der Waals surface area contributed by atoms with Gasteiger partial charge in [-0.3, -0.25) is 4.79 Å². The predicted molar refractivity (Wildman–Crippen MR) is 117 cm³/mol. The molecule has 170 valence electrons. The molecule has 1 heterocycles. The van der Waals surface area contributed by atoms with E-state index in [1.807, 2.05) is 5.38 Å². The monoisotopic (exact) mass is 483 g/mol. The van der Waals surface area contributed by atoms with E-state index in [0.717, 1.165) is 17.8 Å². The normalized spacial score (nSPS) is 11.9. The average molecular weight is 484 g/mol. The van der Waals surface area contributed by atoms with Crippen molar-refractivity contribution in [2.45, 2.75) is 35.5 Å². The average Bonchev–Trinajstić information content (AvgIpc) is 3.15. The van der Waals surface area contributed by atoms with E-state index in [0.29, 0.717) is 34.6 Å². The fourth-order valence-corrected chi connectivity index (χ4v) is 4.66. The molecule has 0 unspecified atom stereocenters. The lowest BCUT2D eigenvalue weighted by molar-refractivity contribution is -0.139. The van der Waals surface area contributed by atoms with Crippen molar-refractivity contribution in [3.63, 3.8) is 0 Å². The number of alkyl halides is 3. The molecule has 0 aliphatic rings. The Morgan fingerprint density at radius 2 is 1.59 bits per heavy atom. The molecular formula is C22H20F3NO4S2. The van der Waals surface area contributed by atoms with Crippen LogP contribution < -0.4 is 9.47 Å². The van der Waals surface area contributed by atoms with Gasteiger partial charge in [0.15, 0.2) is 4.34 Å². The Hall–Kier alpha value is -2.72. The number of hydrogen-bond donors (Lipinski definition) is 1. The van der Waals surface area contributed by atoms with Crippen LogP contribution in [0.25, 0.3) is 0 Å². The molecule has 5 nitrogen and oxygen atoms in total. The first-order valence-corrected chi connectivity index (χ1v) is 11.2. The van der Waals surface area contributed by atoms with Gasteiger partial charge in [0.2, 0.25) is 0 Å². The van der Waals surface area contributed by atoms with Crippen LogP contribution in [0.15, 0.2) is 58.3 Å². The van der Waals surface area contributed by atoms with Crippen LogP contribution >= 0.6 is 23.1 Å². The van der Waals surface area contributed by atoms with Gasteiger partial charge in [0.25, 0.3) is 0 Å². The maximum absolute atomic E-state index is 12.6. The number of carbonyl (C=O) groups is 1. The van der Waals surface area contributed by atoms with Crippen molar-refractivity contribution >= 4 is 29.1 Å². The van der Waals surface area contributed by atoms with Gasteiger partial charge in [0.1, 0.15) is 22.0 Å². The maximum Gasteiger partial charge on any atom is 0.416 e. The number of carboxylic acid groups (broad SMARTS) is 1. The highest BCUT2D eigenvalue weighted by Gasteiger charge is 2.30. The first kappa shape index (κ1) is 23.9. The van der Waals surface area contributed by atoms with Crippen LogP contribution in [0.3, 0.4) is 0 Å². The molecule has 1 N–H and O–H groups in total. The molecule has 32 heavy (non-hydrogen) atoms. The van der Waals surface area contributed by atoms with E-state index in [1.165, 1.54) is 35.2 Å². The number of hydrogen-bond acceptors (Lipinski definition) is 6. The topological polar surface area (TPSA) is 68.7 Å². The van der Waals surface area contributed by atoms with Gasteiger partial charge in [-0.1, -0.05) is 11.8 Å². The zero-order valence-electron chi connectivity index (χ0n) is 17.2. The highest BCUT2D eigenvalue weighted by Crippen LogP contribution is 2.35. The molecule has 0 atom stereocenters. The minimum absolute atomic E-state index is 0.301. The summed E-state index contributed by atoms with van der Waals surface area (Å²) in [7, 11) is 0. The summed E-state index contributed by atoms with van der Waals surface area (Å²) in [6.45, 7) is 3.65. The lowest BCUT2D eigenvalue weighted by atomic mass is 10.2. The van der Waals surface area contributed by atoms with E-state index in [4.69, 9.17) is 9.47 Å². The van der Waals surface area contributed by atoms with Crippen LogP contribution in [0.5, 0.6) is 17.2 Å². The molecule has 0 aliphatic heterocycles. The summed E-state index contributed by atoms with van der Waals surface area (Å²) in [5.74, 6) is 0.490. The third kappa shape index (κ3) is 6.64. The van der Waals surface area contributed by atoms with E-state index >= 15 is 0 Å². The number of ether oxygens (including phenoxy) is 2. The van der Waals surface area contributed by atoms with E-state index in [9.17, 15) is 23.1 Å². The predicted octanol–water partition coefficient (Wildman–Crippen LogP) is 6.53. The van der Waals surface area contributed by atoms with Crippen molar-refractivity contribution in [1.29, 1.82) is 0 Å². The van der Waals surface area contributed by atoms with Gasteiger partial charge >= 0.3 is 12.1 Å². The summed E-state index contributed by atoms with van der Waals surface area (Å²) in [5.41, 5.74) is 0.0889. The van der Waals surface area contributed by atoms with Gasteiger partial charge in [-0.2, -0.15) is 13.2 Å². The van der Waals surface area contributed by atoms with Crippen LogP contribution in [0.2, 0.25) is 0 Å². The number of aliphatic carboxylic acids is 1. The van der Waals surface area contributed by atoms with Crippen LogP contribution in [0.1, 0.15) is 25.1 Å². The molecule has 3 aromatic rings. The van der Waals surface area contributed by atoms with Crippen molar-refractivity contribution < 1.29 is 32.5 Å². The summed E-state index contributed by atoms with van der Waals surface area (Å²) in [4.78, 5) is 15.7. The number of benzene rings is 2. The SMILES string of the molecule is CC(C)(Sc1nc(CCOc2ccc(Oc3ccc(C(F)(F)F)cc3)cc2)cs1)C(=O)O. The second-order valence-electron chi connectivity index (χ2n) is 7.22. The highest BCUT2D eigenvalue weighted by molar-refractivity contribution is 8.02. The lowest BCUT2D eigenvalue weighted by Gasteiger charge is -2.15. The molecule has 0 saturated carbocycles. The van der Waals surface area contributed by atoms with E-state index < -0.39 is 22.5 Å². The maximum atomic E-state index is 12.6. The molecule has 3 rings (SSSR count). The first-order chi connectivity index (χ1) is 15.0. The van der Waals surface area contributed by atoms with Crippen molar-refractivity contribution in [3.8, 4) is 17.2 Å². The zero-order chi connectivity index (χ0) is 23.4. The van der Waals surface area contributed by atoms with Crippen molar-refractivity contribution in [1.82, 2.24) is 4.98 Å². The first-order valence-electron chi connectivity index (χ1n) is 9.48. The van der Waals surface area contributed by atoms with E-state index in [2.05, 4.69) is 4.98 Å². The summed E-state index contributed by atoms with van der Waals surface area (Å²) in [5, 5.41) is 11.1. The van der Waals surface area contributed by atoms with E-state index in [-0.39, 0.29) is 0 Å². The van der Waals surface area contributed by atoms with Gasteiger partial charge < -0.3 is 14.6 Å². The largest absolute Gasteiger partial charge is 0.493 e. The highest BCUT2D eigenvalue weighted by atomic mass is 32.2. The molecule has 0 radical (unpaired) electrons. The second kappa shape index (κ2) is 9.83.